The van der Waals surface area contributed by atoms with Gasteiger partial charge in [0, 0.05) is 29.5 Å². The minimum Gasteiger partial charge on any atom is -0.347 e. The van der Waals surface area contributed by atoms with Crippen molar-refractivity contribution in [1.82, 2.24) is 14.8 Å². The Morgan fingerprint density at radius 1 is 1.19 bits per heavy atom. The van der Waals surface area contributed by atoms with Gasteiger partial charge in [0.05, 0.1) is 12.6 Å². The number of imide groups is 1. The molecule has 0 saturated carbocycles. The summed E-state index contributed by atoms with van der Waals surface area (Å²) in [6.45, 7) is 1.01. The van der Waals surface area contributed by atoms with Crippen LogP contribution in [0.5, 0.6) is 0 Å². The standard InChI is InChI=1S/C19H19N3O2S2/c1-21-8-2-4-14(21)19(24)20-17(23)12-22-9-6-15-13(7-11-26-15)18(22)16-5-3-10-25-16/h2-5,7-8,10-11,18H,6,9,12H2,1H3,(H,20,23,24)/t18-/m0/s1. The Hall–Kier alpha value is -2.22. The molecule has 4 rings (SSSR count). The molecule has 0 saturated heterocycles. The van der Waals surface area contributed by atoms with Crippen molar-refractivity contribution < 1.29 is 9.59 Å². The molecule has 0 spiro atoms. The smallest absolute Gasteiger partial charge is 0.274 e. The molecule has 7 heteroatoms. The highest BCUT2D eigenvalue weighted by Crippen LogP contribution is 2.39. The second kappa shape index (κ2) is 7.19. The molecule has 1 atom stereocenters. The van der Waals surface area contributed by atoms with E-state index in [0.717, 1.165) is 13.0 Å². The SMILES string of the molecule is Cn1cccc1C(=O)NC(=O)CN1CCc2sccc2[C@H]1c1cccs1. The fourth-order valence-corrected chi connectivity index (χ4v) is 5.21. The summed E-state index contributed by atoms with van der Waals surface area (Å²) in [6.07, 6.45) is 2.73. The Kier molecular flexibility index (Phi) is 4.76. The molecule has 0 aliphatic carbocycles. The average Bonchev–Trinajstić information content (AvgIpc) is 3.35. The maximum atomic E-state index is 12.5. The lowest BCUT2D eigenvalue weighted by Crippen LogP contribution is -2.44. The van der Waals surface area contributed by atoms with Crippen molar-refractivity contribution in [1.29, 1.82) is 0 Å². The van der Waals surface area contributed by atoms with Crippen molar-refractivity contribution in [3.63, 3.8) is 0 Å². The fraction of sp³-hybridized carbons (Fsp3) is 0.263. The maximum absolute atomic E-state index is 12.5. The third-order valence-corrected chi connectivity index (χ3v) is 6.58. The number of aryl methyl sites for hydroxylation is 1. The van der Waals surface area contributed by atoms with Gasteiger partial charge in [-0.05, 0) is 47.0 Å². The highest BCUT2D eigenvalue weighted by Gasteiger charge is 2.31. The zero-order valence-corrected chi connectivity index (χ0v) is 16.0. The second-order valence-electron chi connectivity index (χ2n) is 6.32. The Balaban J connectivity index is 1.51. The number of carbonyl (C=O) groups is 2. The summed E-state index contributed by atoms with van der Waals surface area (Å²) >= 11 is 3.48. The summed E-state index contributed by atoms with van der Waals surface area (Å²) in [6, 6.07) is 9.88. The summed E-state index contributed by atoms with van der Waals surface area (Å²) in [7, 11) is 1.79. The van der Waals surface area contributed by atoms with E-state index in [1.807, 2.05) is 6.07 Å². The molecule has 0 fully saturated rings. The largest absolute Gasteiger partial charge is 0.347 e. The van der Waals surface area contributed by atoms with E-state index in [1.165, 1.54) is 15.3 Å². The number of aromatic nitrogens is 1. The number of carbonyl (C=O) groups excluding carboxylic acids is 2. The summed E-state index contributed by atoms with van der Waals surface area (Å²) in [5, 5.41) is 6.70. The van der Waals surface area contributed by atoms with Gasteiger partial charge in [0.1, 0.15) is 5.69 Å². The highest BCUT2D eigenvalue weighted by atomic mass is 32.1. The normalized spacial score (nSPS) is 17.0. The van der Waals surface area contributed by atoms with Crippen LogP contribution in [0.25, 0.3) is 0 Å². The van der Waals surface area contributed by atoms with Crippen LogP contribution in [0.4, 0.5) is 0 Å². The van der Waals surface area contributed by atoms with Crippen LogP contribution >= 0.6 is 22.7 Å². The van der Waals surface area contributed by atoms with Gasteiger partial charge in [-0.15, -0.1) is 22.7 Å². The zero-order valence-electron chi connectivity index (χ0n) is 14.3. The van der Waals surface area contributed by atoms with Crippen molar-refractivity contribution in [2.24, 2.45) is 7.05 Å². The number of thiophene rings is 2. The van der Waals surface area contributed by atoms with Crippen LogP contribution < -0.4 is 5.32 Å². The molecule has 5 nitrogen and oxygen atoms in total. The van der Waals surface area contributed by atoms with E-state index in [-0.39, 0.29) is 24.4 Å². The molecule has 3 aromatic rings. The molecule has 2 amide bonds. The van der Waals surface area contributed by atoms with Gasteiger partial charge in [0.15, 0.2) is 0 Å². The van der Waals surface area contributed by atoms with E-state index in [1.54, 1.807) is 52.6 Å². The monoisotopic (exact) mass is 385 g/mol. The molecule has 26 heavy (non-hydrogen) atoms. The first-order valence-corrected chi connectivity index (χ1v) is 10.2. The van der Waals surface area contributed by atoms with Crippen LogP contribution in [0.2, 0.25) is 0 Å². The first-order valence-electron chi connectivity index (χ1n) is 8.42. The summed E-state index contributed by atoms with van der Waals surface area (Å²) in [5.74, 6) is -0.625. The number of nitrogens with one attached hydrogen (secondary N) is 1. The molecule has 0 bridgehead atoms. The number of fused-ring (bicyclic) bond motifs is 1. The molecule has 0 unspecified atom stereocenters. The Bertz CT molecular complexity index is 926. The minimum atomic E-state index is -0.358. The van der Waals surface area contributed by atoms with Gasteiger partial charge in [-0.1, -0.05) is 6.07 Å². The Labute approximate surface area is 159 Å². The van der Waals surface area contributed by atoms with Crippen LogP contribution in [-0.2, 0) is 18.3 Å². The molecule has 4 heterocycles. The van der Waals surface area contributed by atoms with E-state index in [2.05, 4.69) is 33.1 Å². The topological polar surface area (TPSA) is 54.3 Å². The quantitative estimate of drug-likeness (QED) is 0.751. The van der Waals surface area contributed by atoms with Gasteiger partial charge in [-0.3, -0.25) is 19.8 Å². The summed E-state index contributed by atoms with van der Waals surface area (Å²) in [4.78, 5) is 29.6. The number of hydrogen-bond acceptors (Lipinski definition) is 5. The van der Waals surface area contributed by atoms with E-state index < -0.39 is 0 Å². The van der Waals surface area contributed by atoms with Crippen LogP contribution in [0.3, 0.4) is 0 Å². The molecule has 1 aliphatic heterocycles. The van der Waals surface area contributed by atoms with Crippen molar-refractivity contribution in [2.75, 3.05) is 13.1 Å². The predicted molar refractivity (Wildman–Crippen MR) is 104 cm³/mol. The Morgan fingerprint density at radius 3 is 2.81 bits per heavy atom. The lowest BCUT2D eigenvalue weighted by Gasteiger charge is -2.34. The second-order valence-corrected chi connectivity index (χ2v) is 8.30. The lowest BCUT2D eigenvalue weighted by molar-refractivity contribution is -0.121. The van der Waals surface area contributed by atoms with Gasteiger partial charge in [-0.25, -0.2) is 0 Å². The molecular formula is C19H19N3O2S2. The molecule has 134 valence electrons. The van der Waals surface area contributed by atoms with Gasteiger partial charge in [0.2, 0.25) is 5.91 Å². The van der Waals surface area contributed by atoms with Crippen molar-refractivity contribution >= 4 is 34.5 Å². The highest BCUT2D eigenvalue weighted by molar-refractivity contribution is 7.10. The van der Waals surface area contributed by atoms with Crippen LogP contribution in [0.1, 0.15) is 31.8 Å². The fourth-order valence-electron chi connectivity index (χ4n) is 3.43. The number of amides is 2. The average molecular weight is 386 g/mol. The van der Waals surface area contributed by atoms with Crippen molar-refractivity contribution in [2.45, 2.75) is 12.5 Å². The third kappa shape index (κ3) is 3.25. The number of hydrogen-bond donors (Lipinski definition) is 1. The Morgan fingerprint density at radius 2 is 2.08 bits per heavy atom. The molecule has 3 aromatic heterocycles. The predicted octanol–water partition coefficient (Wildman–Crippen LogP) is 3.05. The third-order valence-electron chi connectivity index (χ3n) is 4.65. The lowest BCUT2D eigenvalue weighted by atomic mass is 9.98. The summed E-state index contributed by atoms with van der Waals surface area (Å²) < 4.78 is 1.70. The van der Waals surface area contributed by atoms with Crippen molar-refractivity contribution in [3.05, 3.63) is 68.3 Å². The minimum absolute atomic E-state index is 0.0842. The molecule has 0 radical (unpaired) electrons. The van der Waals surface area contributed by atoms with Crippen LogP contribution in [0, 0.1) is 0 Å². The molecule has 1 aliphatic rings. The van der Waals surface area contributed by atoms with Crippen molar-refractivity contribution in [3.8, 4) is 0 Å². The number of rotatable bonds is 4. The molecule has 1 N–H and O–H groups in total. The van der Waals surface area contributed by atoms with E-state index in [0.29, 0.717) is 5.69 Å². The van der Waals surface area contributed by atoms with Gasteiger partial charge in [0.25, 0.3) is 5.91 Å². The van der Waals surface area contributed by atoms with Gasteiger partial charge in [-0.2, -0.15) is 0 Å². The number of nitrogens with zero attached hydrogens (tertiary/aromatic N) is 2. The van der Waals surface area contributed by atoms with Gasteiger partial charge >= 0.3 is 0 Å². The maximum Gasteiger partial charge on any atom is 0.274 e. The first kappa shape index (κ1) is 17.2. The van der Waals surface area contributed by atoms with E-state index in [4.69, 9.17) is 0 Å². The first-order chi connectivity index (χ1) is 12.6. The summed E-state index contributed by atoms with van der Waals surface area (Å²) in [5.41, 5.74) is 1.76. The molecule has 0 aromatic carbocycles. The van der Waals surface area contributed by atoms with E-state index in [9.17, 15) is 9.59 Å². The van der Waals surface area contributed by atoms with E-state index >= 15 is 0 Å². The van der Waals surface area contributed by atoms with Crippen LogP contribution in [-0.4, -0.2) is 34.4 Å². The molecular weight excluding hydrogens is 366 g/mol. The zero-order chi connectivity index (χ0) is 18.1. The van der Waals surface area contributed by atoms with Gasteiger partial charge < -0.3 is 4.57 Å². The van der Waals surface area contributed by atoms with Crippen LogP contribution in [0.15, 0.2) is 47.3 Å².